The lowest BCUT2D eigenvalue weighted by atomic mass is 10.2. The van der Waals surface area contributed by atoms with Crippen LogP contribution in [0.4, 0.5) is 16.5 Å². The second-order valence-electron chi connectivity index (χ2n) is 6.32. The van der Waals surface area contributed by atoms with Crippen LogP contribution in [0.1, 0.15) is 26.7 Å². The summed E-state index contributed by atoms with van der Waals surface area (Å²) in [4.78, 5) is 25.1. The minimum Gasteiger partial charge on any atom is -0.312 e. The summed E-state index contributed by atoms with van der Waals surface area (Å²) in [6.07, 6.45) is 1.35. The first-order valence-electron chi connectivity index (χ1n) is 8.34. The number of aromatic nitrogens is 2. The Morgan fingerprint density at radius 2 is 1.93 bits per heavy atom. The van der Waals surface area contributed by atoms with Crippen molar-refractivity contribution in [2.45, 2.75) is 31.0 Å². The van der Waals surface area contributed by atoms with Gasteiger partial charge in [0.2, 0.25) is 16.9 Å². The lowest BCUT2D eigenvalue weighted by molar-refractivity contribution is -0.119. The van der Waals surface area contributed by atoms with E-state index in [1.165, 1.54) is 0 Å². The van der Waals surface area contributed by atoms with Crippen molar-refractivity contribution in [3.63, 3.8) is 0 Å². The average Bonchev–Trinajstić information content (AvgIpc) is 3.25. The Kier molecular flexibility index (Phi) is 5.42. The molecule has 3 rings (SSSR count). The van der Waals surface area contributed by atoms with Gasteiger partial charge in [-0.25, -0.2) is 0 Å². The summed E-state index contributed by atoms with van der Waals surface area (Å²) in [5.74, 6) is -0.462. The van der Waals surface area contributed by atoms with Gasteiger partial charge in [0.25, 0.3) is 14.4 Å². The molecule has 2 amide bonds. The summed E-state index contributed by atoms with van der Waals surface area (Å²) < 4.78 is 27.1. The number of nitrogens with zero attached hydrogens (tertiary/aromatic N) is 3. The number of carbonyl (C=O) groups is 2. The second-order valence-corrected chi connectivity index (χ2v) is 9.15. The van der Waals surface area contributed by atoms with Gasteiger partial charge < -0.3 is 10.2 Å². The van der Waals surface area contributed by atoms with Gasteiger partial charge >= 0.3 is 0 Å². The van der Waals surface area contributed by atoms with Gasteiger partial charge in [-0.2, -0.15) is 8.42 Å². The quantitative estimate of drug-likeness (QED) is 0.705. The lowest BCUT2D eigenvalue weighted by Gasteiger charge is -2.16. The minimum atomic E-state index is -3.93. The van der Waals surface area contributed by atoms with Crippen LogP contribution in [0, 0.1) is 5.92 Å². The normalized spacial score (nSPS) is 14.6. The van der Waals surface area contributed by atoms with Crippen LogP contribution in [0.3, 0.4) is 0 Å². The smallest absolute Gasteiger partial charge is 0.291 e. The first-order valence-corrected chi connectivity index (χ1v) is 10.6. The van der Waals surface area contributed by atoms with Gasteiger partial charge in [0.05, 0.1) is 0 Å². The Labute approximate surface area is 160 Å². The Morgan fingerprint density at radius 3 is 2.52 bits per heavy atom. The van der Waals surface area contributed by atoms with Gasteiger partial charge in [0.1, 0.15) is 0 Å². The Bertz CT molecular complexity index is 953. The van der Waals surface area contributed by atoms with Crippen LogP contribution >= 0.6 is 11.3 Å². The molecule has 11 heteroatoms. The van der Waals surface area contributed by atoms with Gasteiger partial charge in [-0.15, -0.1) is 10.2 Å². The highest BCUT2D eigenvalue weighted by molar-refractivity contribution is 7.94. The number of rotatable bonds is 6. The maximum absolute atomic E-state index is 12.4. The van der Waals surface area contributed by atoms with E-state index < -0.39 is 10.0 Å². The second kappa shape index (κ2) is 7.61. The van der Waals surface area contributed by atoms with Crippen molar-refractivity contribution in [3.05, 3.63) is 24.3 Å². The molecule has 0 unspecified atom stereocenters. The van der Waals surface area contributed by atoms with Gasteiger partial charge in [-0.1, -0.05) is 25.2 Å². The molecule has 0 spiro atoms. The molecule has 0 aliphatic carbocycles. The summed E-state index contributed by atoms with van der Waals surface area (Å²) in [5, 5.41) is 9.97. The van der Waals surface area contributed by atoms with Gasteiger partial charge in [-0.05, 0) is 30.7 Å². The summed E-state index contributed by atoms with van der Waals surface area (Å²) in [7, 11) is -3.93. The van der Waals surface area contributed by atoms with Crippen LogP contribution in [0.25, 0.3) is 0 Å². The zero-order valence-corrected chi connectivity index (χ0v) is 16.4. The molecular weight excluding hydrogens is 390 g/mol. The number of anilines is 3. The average molecular weight is 409 g/mol. The zero-order valence-electron chi connectivity index (χ0n) is 14.8. The topological polar surface area (TPSA) is 121 Å². The SMILES string of the molecule is CC(C)C(=O)Nc1nnc(S(=O)(=O)Nc2ccc(N3CCCC3=O)cc2)s1. The highest BCUT2D eigenvalue weighted by Crippen LogP contribution is 2.26. The standard InChI is InChI=1S/C16H19N5O4S2/c1-10(2)14(23)17-15-18-19-16(26-15)27(24,25)20-11-5-7-12(8-6-11)21-9-3-4-13(21)22/h5-8,10,20H,3-4,9H2,1-2H3,(H,17,18,23). The van der Waals surface area contributed by atoms with E-state index >= 15 is 0 Å². The molecule has 2 N–H and O–H groups in total. The summed E-state index contributed by atoms with van der Waals surface area (Å²) >= 11 is 0.771. The van der Waals surface area contributed by atoms with Crippen LogP contribution < -0.4 is 14.9 Å². The predicted octanol–water partition coefficient (Wildman–Crippen LogP) is 2.06. The number of benzene rings is 1. The maximum Gasteiger partial charge on any atom is 0.291 e. The van der Waals surface area contributed by atoms with E-state index in [0.717, 1.165) is 23.4 Å². The van der Waals surface area contributed by atoms with Gasteiger partial charge in [0, 0.05) is 30.3 Å². The number of carbonyl (C=O) groups excluding carboxylic acids is 2. The highest BCUT2D eigenvalue weighted by Gasteiger charge is 2.23. The largest absolute Gasteiger partial charge is 0.312 e. The minimum absolute atomic E-state index is 0.0631. The third-order valence-corrected chi connectivity index (χ3v) is 6.48. The first-order chi connectivity index (χ1) is 12.8. The van der Waals surface area contributed by atoms with Crippen molar-refractivity contribution < 1.29 is 18.0 Å². The molecule has 1 aromatic heterocycles. The van der Waals surface area contributed by atoms with Crippen molar-refractivity contribution >= 4 is 49.7 Å². The maximum atomic E-state index is 12.4. The van der Waals surface area contributed by atoms with E-state index in [1.807, 2.05) is 0 Å². The van der Waals surface area contributed by atoms with Crippen molar-refractivity contribution in [2.24, 2.45) is 5.92 Å². The molecule has 144 valence electrons. The number of hydrogen-bond donors (Lipinski definition) is 2. The van der Waals surface area contributed by atoms with E-state index in [1.54, 1.807) is 43.0 Å². The Morgan fingerprint density at radius 1 is 1.22 bits per heavy atom. The van der Waals surface area contributed by atoms with Crippen molar-refractivity contribution in [2.75, 3.05) is 21.5 Å². The van der Waals surface area contributed by atoms with Crippen LogP contribution in [0.15, 0.2) is 28.6 Å². The van der Waals surface area contributed by atoms with Crippen molar-refractivity contribution in [3.8, 4) is 0 Å². The van der Waals surface area contributed by atoms with Crippen LogP contribution in [-0.2, 0) is 19.6 Å². The molecule has 9 nitrogen and oxygen atoms in total. The molecule has 2 heterocycles. The first kappa shape index (κ1) is 19.2. The fraction of sp³-hybridized carbons (Fsp3) is 0.375. The predicted molar refractivity (Wildman–Crippen MR) is 102 cm³/mol. The zero-order chi connectivity index (χ0) is 19.6. The molecule has 27 heavy (non-hydrogen) atoms. The van der Waals surface area contributed by atoms with E-state index in [-0.39, 0.29) is 27.2 Å². The third-order valence-electron chi connectivity index (χ3n) is 3.90. The summed E-state index contributed by atoms with van der Waals surface area (Å²) in [6.45, 7) is 4.10. The molecule has 0 bridgehead atoms. The summed E-state index contributed by atoms with van der Waals surface area (Å²) in [5.41, 5.74) is 1.07. The van der Waals surface area contributed by atoms with E-state index in [4.69, 9.17) is 0 Å². The highest BCUT2D eigenvalue weighted by atomic mass is 32.2. The third kappa shape index (κ3) is 4.42. The lowest BCUT2D eigenvalue weighted by Crippen LogP contribution is -2.23. The molecule has 0 radical (unpaired) electrons. The molecule has 0 atom stereocenters. The molecule has 1 fully saturated rings. The van der Waals surface area contributed by atoms with E-state index in [0.29, 0.717) is 18.7 Å². The van der Waals surface area contributed by atoms with Gasteiger partial charge in [0.15, 0.2) is 0 Å². The molecule has 2 aromatic rings. The van der Waals surface area contributed by atoms with Gasteiger partial charge in [-0.3, -0.25) is 14.3 Å². The number of nitrogens with one attached hydrogen (secondary N) is 2. The number of hydrogen-bond acceptors (Lipinski definition) is 7. The van der Waals surface area contributed by atoms with E-state index in [2.05, 4.69) is 20.2 Å². The number of amides is 2. The molecule has 1 saturated heterocycles. The summed E-state index contributed by atoms with van der Waals surface area (Å²) in [6, 6.07) is 6.55. The molecule has 1 aliphatic rings. The fourth-order valence-corrected chi connectivity index (χ4v) is 4.41. The van der Waals surface area contributed by atoms with Crippen LogP contribution in [0.2, 0.25) is 0 Å². The number of sulfonamides is 1. The monoisotopic (exact) mass is 409 g/mol. The van der Waals surface area contributed by atoms with Crippen LogP contribution in [-0.4, -0.2) is 37.0 Å². The van der Waals surface area contributed by atoms with Crippen molar-refractivity contribution in [1.82, 2.24) is 10.2 Å². The molecular formula is C16H19N5O4S2. The molecule has 0 saturated carbocycles. The molecule has 1 aliphatic heterocycles. The molecule has 1 aromatic carbocycles. The Hall–Kier alpha value is -2.53. The fourth-order valence-electron chi connectivity index (χ4n) is 2.45. The van der Waals surface area contributed by atoms with E-state index in [9.17, 15) is 18.0 Å². The van der Waals surface area contributed by atoms with Crippen LogP contribution in [0.5, 0.6) is 0 Å². The Balaban J connectivity index is 1.70. The van der Waals surface area contributed by atoms with Crippen molar-refractivity contribution in [1.29, 1.82) is 0 Å².